The third-order valence-corrected chi connectivity index (χ3v) is 3.30. The Kier molecular flexibility index (Phi) is 4.85. The van der Waals surface area contributed by atoms with Crippen LogP contribution in [0.1, 0.15) is 51.0 Å². The van der Waals surface area contributed by atoms with Crippen LogP contribution in [-0.2, 0) is 19.5 Å². The number of aryl methyl sites for hydroxylation is 2. The molecule has 0 amide bonds. The van der Waals surface area contributed by atoms with Gasteiger partial charge < -0.3 is 10.3 Å². The molecule has 19 heavy (non-hydrogen) atoms. The summed E-state index contributed by atoms with van der Waals surface area (Å²) in [4.78, 5) is 13.7. The summed E-state index contributed by atoms with van der Waals surface area (Å²) >= 11 is 0. The molecule has 5 heteroatoms. The van der Waals surface area contributed by atoms with Gasteiger partial charge in [0.25, 0.3) is 0 Å². The van der Waals surface area contributed by atoms with Gasteiger partial charge in [-0.1, -0.05) is 26.7 Å². The third kappa shape index (κ3) is 3.10. The number of nitrogens with zero attached hydrogens (tertiary/aromatic N) is 4. The second-order valence-corrected chi connectivity index (χ2v) is 4.86. The fourth-order valence-electron chi connectivity index (χ4n) is 2.15. The number of fused-ring (bicyclic) bond motifs is 1. The van der Waals surface area contributed by atoms with Crippen LogP contribution in [-0.4, -0.2) is 19.5 Å². The predicted octanol–water partition coefficient (Wildman–Crippen LogP) is 2.43. The van der Waals surface area contributed by atoms with E-state index in [0.717, 1.165) is 61.2 Å². The standard InChI is InChI=1S/C14H23N5/c1-3-5-7-11-13-14(19(9-15)10-16-13)18-12(17-11)8-6-4-2/h10H,3-9,15H2,1-2H3. The zero-order valence-corrected chi connectivity index (χ0v) is 11.9. The highest BCUT2D eigenvalue weighted by molar-refractivity contribution is 5.73. The first-order chi connectivity index (χ1) is 9.30. The number of rotatable bonds is 7. The Morgan fingerprint density at radius 2 is 1.84 bits per heavy atom. The van der Waals surface area contributed by atoms with Crippen LogP contribution in [0.25, 0.3) is 11.2 Å². The van der Waals surface area contributed by atoms with E-state index in [4.69, 9.17) is 10.7 Å². The number of hydrogen-bond acceptors (Lipinski definition) is 4. The number of unbranched alkanes of at least 4 members (excludes halogenated alkanes) is 2. The summed E-state index contributed by atoms with van der Waals surface area (Å²) in [7, 11) is 0. The first-order valence-corrected chi connectivity index (χ1v) is 7.20. The normalized spacial score (nSPS) is 11.3. The topological polar surface area (TPSA) is 69.6 Å². The molecule has 2 aromatic rings. The highest BCUT2D eigenvalue weighted by Crippen LogP contribution is 2.17. The second kappa shape index (κ2) is 6.61. The van der Waals surface area contributed by atoms with Gasteiger partial charge in [-0.2, -0.15) is 0 Å². The maximum absolute atomic E-state index is 5.72. The van der Waals surface area contributed by atoms with Crippen LogP contribution in [0.4, 0.5) is 0 Å². The molecule has 2 heterocycles. The van der Waals surface area contributed by atoms with Crippen molar-refractivity contribution >= 4 is 11.2 Å². The van der Waals surface area contributed by atoms with Crippen LogP contribution in [0.5, 0.6) is 0 Å². The zero-order valence-electron chi connectivity index (χ0n) is 11.9. The molecule has 0 aliphatic heterocycles. The van der Waals surface area contributed by atoms with Crippen LogP contribution in [0, 0.1) is 0 Å². The Bertz CT molecular complexity index is 532. The van der Waals surface area contributed by atoms with E-state index < -0.39 is 0 Å². The SMILES string of the molecule is CCCCc1nc(CCCC)c2ncn(CN)c2n1. The lowest BCUT2D eigenvalue weighted by molar-refractivity contribution is 0.717. The predicted molar refractivity (Wildman–Crippen MR) is 76.7 cm³/mol. The minimum Gasteiger partial charge on any atom is -0.314 e. The molecule has 0 radical (unpaired) electrons. The Labute approximate surface area is 114 Å². The van der Waals surface area contributed by atoms with Crippen molar-refractivity contribution in [1.29, 1.82) is 0 Å². The summed E-state index contributed by atoms with van der Waals surface area (Å²) < 4.78 is 1.89. The van der Waals surface area contributed by atoms with Gasteiger partial charge in [-0.15, -0.1) is 0 Å². The molecule has 0 fully saturated rings. The van der Waals surface area contributed by atoms with E-state index in [0.29, 0.717) is 6.67 Å². The zero-order chi connectivity index (χ0) is 13.7. The number of hydrogen-bond donors (Lipinski definition) is 1. The first kappa shape index (κ1) is 13.9. The van der Waals surface area contributed by atoms with Gasteiger partial charge in [-0.25, -0.2) is 15.0 Å². The number of aromatic nitrogens is 4. The van der Waals surface area contributed by atoms with E-state index in [1.807, 2.05) is 4.57 Å². The first-order valence-electron chi connectivity index (χ1n) is 7.20. The maximum atomic E-state index is 5.72. The average Bonchev–Trinajstić information content (AvgIpc) is 2.85. The van der Waals surface area contributed by atoms with Crippen molar-refractivity contribution in [1.82, 2.24) is 19.5 Å². The van der Waals surface area contributed by atoms with Crippen LogP contribution in [0.15, 0.2) is 6.33 Å². The van der Waals surface area contributed by atoms with Crippen molar-refractivity contribution in [2.75, 3.05) is 0 Å². The minimum absolute atomic E-state index is 0.411. The molecule has 5 nitrogen and oxygen atoms in total. The van der Waals surface area contributed by atoms with Crippen molar-refractivity contribution in [3.8, 4) is 0 Å². The quantitative estimate of drug-likeness (QED) is 0.831. The molecule has 104 valence electrons. The van der Waals surface area contributed by atoms with Gasteiger partial charge in [0.2, 0.25) is 0 Å². The smallest absolute Gasteiger partial charge is 0.164 e. The van der Waals surface area contributed by atoms with Crippen molar-refractivity contribution in [3.05, 3.63) is 17.8 Å². The molecule has 0 saturated heterocycles. The van der Waals surface area contributed by atoms with E-state index in [9.17, 15) is 0 Å². The lowest BCUT2D eigenvalue weighted by Gasteiger charge is -2.06. The number of nitrogens with two attached hydrogens (primary N) is 1. The van der Waals surface area contributed by atoms with Gasteiger partial charge in [-0.05, 0) is 19.3 Å². The second-order valence-electron chi connectivity index (χ2n) is 4.86. The summed E-state index contributed by atoms with van der Waals surface area (Å²) in [6.45, 7) is 4.78. The monoisotopic (exact) mass is 261 g/mol. The Hall–Kier alpha value is -1.49. The van der Waals surface area contributed by atoms with E-state index in [2.05, 4.69) is 23.8 Å². The largest absolute Gasteiger partial charge is 0.314 e. The lowest BCUT2D eigenvalue weighted by Crippen LogP contribution is -2.08. The van der Waals surface area contributed by atoms with Gasteiger partial charge in [0.1, 0.15) is 11.3 Å². The molecule has 0 aliphatic rings. The molecular weight excluding hydrogens is 238 g/mol. The lowest BCUT2D eigenvalue weighted by atomic mass is 10.1. The van der Waals surface area contributed by atoms with E-state index in [1.54, 1.807) is 6.33 Å². The molecule has 0 aliphatic carbocycles. The maximum Gasteiger partial charge on any atom is 0.164 e. The van der Waals surface area contributed by atoms with Gasteiger partial charge in [0, 0.05) is 6.42 Å². The van der Waals surface area contributed by atoms with Crippen LogP contribution < -0.4 is 5.73 Å². The van der Waals surface area contributed by atoms with Gasteiger partial charge in [0.05, 0.1) is 18.7 Å². The van der Waals surface area contributed by atoms with E-state index in [1.165, 1.54) is 0 Å². The Balaban J connectivity index is 2.41. The summed E-state index contributed by atoms with van der Waals surface area (Å²) in [5.74, 6) is 0.927. The van der Waals surface area contributed by atoms with E-state index in [-0.39, 0.29) is 0 Å². The summed E-state index contributed by atoms with van der Waals surface area (Å²) in [6.07, 6.45) is 8.23. The fourth-order valence-corrected chi connectivity index (χ4v) is 2.15. The van der Waals surface area contributed by atoms with Gasteiger partial charge >= 0.3 is 0 Å². The summed E-state index contributed by atoms with van der Waals surface area (Å²) in [5.41, 5.74) is 8.60. The number of imidazole rings is 1. The Morgan fingerprint density at radius 1 is 1.11 bits per heavy atom. The summed E-state index contributed by atoms with van der Waals surface area (Å²) in [6, 6.07) is 0. The molecule has 2 N–H and O–H groups in total. The molecule has 0 atom stereocenters. The van der Waals surface area contributed by atoms with Crippen molar-refractivity contribution in [3.63, 3.8) is 0 Å². The van der Waals surface area contributed by atoms with Gasteiger partial charge in [-0.3, -0.25) is 0 Å². The summed E-state index contributed by atoms with van der Waals surface area (Å²) in [5, 5.41) is 0. The highest BCUT2D eigenvalue weighted by Gasteiger charge is 2.12. The molecule has 0 unspecified atom stereocenters. The highest BCUT2D eigenvalue weighted by atomic mass is 15.2. The van der Waals surface area contributed by atoms with Crippen molar-refractivity contribution in [2.45, 2.75) is 59.0 Å². The van der Waals surface area contributed by atoms with Crippen LogP contribution in [0.2, 0.25) is 0 Å². The van der Waals surface area contributed by atoms with Gasteiger partial charge in [0.15, 0.2) is 5.65 Å². The molecule has 0 saturated carbocycles. The molecule has 0 spiro atoms. The molecular formula is C14H23N5. The fraction of sp³-hybridized carbons (Fsp3) is 0.643. The molecule has 2 aromatic heterocycles. The van der Waals surface area contributed by atoms with Crippen LogP contribution in [0.3, 0.4) is 0 Å². The third-order valence-electron chi connectivity index (χ3n) is 3.30. The Morgan fingerprint density at radius 3 is 2.53 bits per heavy atom. The molecule has 0 bridgehead atoms. The molecule has 0 aromatic carbocycles. The van der Waals surface area contributed by atoms with E-state index >= 15 is 0 Å². The minimum atomic E-state index is 0.411. The van der Waals surface area contributed by atoms with Crippen LogP contribution >= 0.6 is 0 Å². The molecule has 2 rings (SSSR count). The van der Waals surface area contributed by atoms with Crippen molar-refractivity contribution < 1.29 is 0 Å². The van der Waals surface area contributed by atoms with Crippen molar-refractivity contribution in [2.24, 2.45) is 5.73 Å². The average molecular weight is 261 g/mol.